The lowest BCUT2D eigenvalue weighted by Gasteiger charge is -2.01. The van der Waals surface area contributed by atoms with Gasteiger partial charge in [0.15, 0.2) is 0 Å². The molecule has 4 nitrogen and oxygen atoms in total. The standard InChI is InChI=1S/C5H11NO2.C2H6O/c1-4(2)3-8-5(6)7;1-3-2/h4H,3H2,1-2H3,(H2,6,7);1-2H3. The summed E-state index contributed by atoms with van der Waals surface area (Å²) in [6, 6.07) is 0. The summed E-state index contributed by atoms with van der Waals surface area (Å²) in [5, 5.41) is 0. The van der Waals surface area contributed by atoms with Gasteiger partial charge < -0.3 is 15.2 Å². The molecule has 0 aliphatic carbocycles. The zero-order valence-corrected chi connectivity index (χ0v) is 7.59. The van der Waals surface area contributed by atoms with Crippen LogP contribution in [-0.4, -0.2) is 26.9 Å². The quantitative estimate of drug-likeness (QED) is 0.660. The highest BCUT2D eigenvalue weighted by Gasteiger charge is 1.95. The van der Waals surface area contributed by atoms with E-state index in [-0.39, 0.29) is 0 Å². The molecular weight excluding hydrogens is 146 g/mol. The first-order valence-electron chi connectivity index (χ1n) is 3.37. The maximum atomic E-state index is 9.90. The third-order valence-electron chi connectivity index (χ3n) is 0.559. The number of nitrogens with two attached hydrogens (primary N) is 1. The van der Waals surface area contributed by atoms with Crippen LogP contribution in [0.2, 0.25) is 0 Å². The summed E-state index contributed by atoms with van der Waals surface area (Å²) in [6.45, 7) is 4.31. The van der Waals surface area contributed by atoms with Crippen molar-refractivity contribution in [1.82, 2.24) is 0 Å². The second-order valence-electron chi connectivity index (χ2n) is 2.43. The van der Waals surface area contributed by atoms with E-state index in [2.05, 4.69) is 15.2 Å². The van der Waals surface area contributed by atoms with Crippen molar-refractivity contribution in [3.63, 3.8) is 0 Å². The molecule has 1 amide bonds. The summed E-state index contributed by atoms with van der Waals surface area (Å²) in [4.78, 5) is 9.90. The number of ether oxygens (including phenoxy) is 2. The monoisotopic (exact) mass is 163 g/mol. The van der Waals surface area contributed by atoms with E-state index in [0.29, 0.717) is 12.5 Å². The molecule has 0 aliphatic rings. The van der Waals surface area contributed by atoms with Gasteiger partial charge in [0.2, 0.25) is 0 Å². The van der Waals surface area contributed by atoms with Gasteiger partial charge in [0.25, 0.3) is 0 Å². The molecule has 0 unspecified atom stereocenters. The van der Waals surface area contributed by atoms with E-state index in [1.54, 1.807) is 14.2 Å². The van der Waals surface area contributed by atoms with E-state index in [0.717, 1.165) is 0 Å². The molecule has 0 aromatic heterocycles. The normalized spacial score (nSPS) is 8.45. The van der Waals surface area contributed by atoms with Gasteiger partial charge in [-0.05, 0) is 5.92 Å². The summed E-state index contributed by atoms with van der Waals surface area (Å²) < 4.78 is 8.69. The predicted octanol–water partition coefficient (Wildman–Crippen LogP) is 1.00. The van der Waals surface area contributed by atoms with Gasteiger partial charge in [-0.3, -0.25) is 0 Å². The Morgan fingerprint density at radius 1 is 1.45 bits per heavy atom. The number of hydrogen-bond acceptors (Lipinski definition) is 3. The largest absolute Gasteiger partial charge is 0.449 e. The Morgan fingerprint density at radius 2 is 1.82 bits per heavy atom. The molecule has 0 aliphatic heterocycles. The molecule has 0 saturated heterocycles. The zero-order valence-electron chi connectivity index (χ0n) is 7.59. The second-order valence-corrected chi connectivity index (χ2v) is 2.43. The molecule has 0 saturated carbocycles. The van der Waals surface area contributed by atoms with E-state index >= 15 is 0 Å². The van der Waals surface area contributed by atoms with Crippen LogP contribution >= 0.6 is 0 Å². The molecule has 4 heteroatoms. The SMILES string of the molecule is CC(C)COC(N)=O.COC. The Balaban J connectivity index is 0. The fourth-order valence-corrected chi connectivity index (χ4v) is 0.249. The minimum atomic E-state index is -0.696. The zero-order chi connectivity index (χ0) is 9.28. The fourth-order valence-electron chi connectivity index (χ4n) is 0.249. The first kappa shape index (κ1) is 12.9. The van der Waals surface area contributed by atoms with Crippen LogP contribution in [0.15, 0.2) is 0 Å². The van der Waals surface area contributed by atoms with Gasteiger partial charge in [-0.15, -0.1) is 0 Å². The van der Waals surface area contributed by atoms with Crippen molar-refractivity contribution >= 4 is 6.09 Å². The number of rotatable bonds is 2. The van der Waals surface area contributed by atoms with Gasteiger partial charge in [0.1, 0.15) is 0 Å². The average molecular weight is 163 g/mol. The third-order valence-corrected chi connectivity index (χ3v) is 0.559. The molecule has 0 atom stereocenters. The molecule has 0 aromatic carbocycles. The third kappa shape index (κ3) is 27.0. The second kappa shape index (κ2) is 9.23. The molecular formula is C7H17NO3. The maximum absolute atomic E-state index is 9.90. The van der Waals surface area contributed by atoms with Crippen LogP contribution in [0, 0.1) is 5.92 Å². The van der Waals surface area contributed by atoms with Crippen molar-refractivity contribution in [3.8, 4) is 0 Å². The van der Waals surface area contributed by atoms with Crippen LogP contribution in [0.3, 0.4) is 0 Å². The van der Waals surface area contributed by atoms with E-state index in [1.807, 2.05) is 13.8 Å². The van der Waals surface area contributed by atoms with Crippen LogP contribution in [0.5, 0.6) is 0 Å². The molecule has 0 radical (unpaired) electrons. The van der Waals surface area contributed by atoms with Crippen molar-refractivity contribution < 1.29 is 14.3 Å². The summed E-state index contributed by atoms with van der Waals surface area (Å²) in [5.41, 5.74) is 4.68. The number of carbonyl (C=O) groups is 1. The molecule has 0 bridgehead atoms. The number of methoxy groups -OCH3 is 1. The molecule has 0 fully saturated rings. The number of amides is 1. The topological polar surface area (TPSA) is 61.5 Å². The van der Waals surface area contributed by atoms with Crippen LogP contribution < -0.4 is 5.73 Å². The first-order valence-corrected chi connectivity index (χ1v) is 3.37. The molecule has 2 N–H and O–H groups in total. The summed E-state index contributed by atoms with van der Waals surface area (Å²) in [7, 11) is 3.25. The van der Waals surface area contributed by atoms with Crippen LogP contribution in [0.4, 0.5) is 4.79 Å². The van der Waals surface area contributed by atoms with Crippen molar-refractivity contribution in [2.24, 2.45) is 11.7 Å². The van der Waals surface area contributed by atoms with Crippen molar-refractivity contribution in [3.05, 3.63) is 0 Å². The lowest BCUT2D eigenvalue weighted by atomic mass is 10.2. The van der Waals surface area contributed by atoms with Crippen LogP contribution in [-0.2, 0) is 9.47 Å². The smallest absolute Gasteiger partial charge is 0.404 e. The van der Waals surface area contributed by atoms with Gasteiger partial charge in [0, 0.05) is 14.2 Å². The highest BCUT2D eigenvalue weighted by molar-refractivity contribution is 5.64. The molecule has 11 heavy (non-hydrogen) atoms. The van der Waals surface area contributed by atoms with Crippen LogP contribution in [0.1, 0.15) is 13.8 Å². The van der Waals surface area contributed by atoms with Crippen molar-refractivity contribution in [1.29, 1.82) is 0 Å². The number of carbonyl (C=O) groups excluding carboxylic acids is 1. The van der Waals surface area contributed by atoms with Crippen molar-refractivity contribution in [2.75, 3.05) is 20.8 Å². The average Bonchev–Trinajstić information content (AvgIpc) is 1.85. The molecule has 68 valence electrons. The summed E-state index contributed by atoms with van der Waals surface area (Å²) >= 11 is 0. The molecule has 0 rings (SSSR count). The van der Waals surface area contributed by atoms with Crippen LogP contribution in [0.25, 0.3) is 0 Å². The number of primary amides is 1. The van der Waals surface area contributed by atoms with Gasteiger partial charge in [-0.2, -0.15) is 0 Å². The predicted molar refractivity (Wildman–Crippen MR) is 43.3 cm³/mol. The minimum absolute atomic E-state index is 0.363. The van der Waals surface area contributed by atoms with E-state index in [1.165, 1.54) is 0 Å². The highest BCUT2D eigenvalue weighted by Crippen LogP contribution is 1.90. The van der Waals surface area contributed by atoms with Crippen molar-refractivity contribution in [2.45, 2.75) is 13.8 Å². The number of hydrogen-bond donors (Lipinski definition) is 1. The van der Waals surface area contributed by atoms with Gasteiger partial charge >= 0.3 is 6.09 Å². The molecule has 0 heterocycles. The highest BCUT2D eigenvalue weighted by atomic mass is 16.5. The Hall–Kier alpha value is -0.770. The molecule has 0 aromatic rings. The summed E-state index contributed by atoms with van der Waals surface area (Å²) in [5.74, 6) is 0.363. The molecule has 0 spiro atoms. The van der Waals surface area contributed by atoms with E-state index < -0.39 is 6.09 Å². The van der Waals surface area contributed by atoms with Gasteiger partial charge in [0.05, 0.1) is 6.61 Å². The van der Waals surface area contributed by atoms with Gasteiger partial charge in [-0.25, -0.2) is 4.79 Å². The maximum Gasteiger partial charge on any atom is 0.404 e. The Kier molecular flexibility index (Phi) is 10.8. The Labute approximate surface area is 67.7 Å². The Bertz CT molecular complexity index is 93.7. The van der Waals surface area contributed by atoms with Gasteiger partial charge in [-0.1, -0.05) is 13.8 Å². The van der Waals surface area contributed by atoms with E-state index in [9.17, 15) is 4.79 Å². The lowest BCUT2D eigenvalue weighted by molar-refractivity contribution is 0.143. The fraction of sp³-hybridized carbons (Fsp3) is 0.857. The lowest BCUT2D eigenvalue weighted by Crippen LogP contribution is -2.16. The van der Waals surface area contributed by atoms with E-state index in [4.69, 9.17) is 0 Å². The minimum Gasteiger partial charge on any atom is -0.449 e. The Morgan fingerprint density at radius 3 is 1.91 bits per heavy atom. The summed E-state index contributed by atoms with van der Waals surface area (Å²) in [6.07, 6.45) is -0.696. The first-order chi connectivity index (χ1) is 5.04.